The number of rotatable bonds is 7. The highest BCUT2D eigenvalue weighted by molar-refractivity contribution is 7.62. The molecule has 0 aliphatic carbocycles. The third-order valence-electron chi connectivity index (χ3n) is 2.94. The fraction of sp³-hybridized carbons (Fsp3) is 0.143. The zero-order valence-corrected chi connectivity index (χ0v) is 13.4. The molecule has 1 unspecified atom stereocenters. The SMILES string of the molecule is CCOP(=O)(Oc1ccc([N+](=O)[O-])cc1[N+](=O)[O-])c1ccccc1. The number of nitro benzene ring substituents is 2. The van der Waals surface area contributed by atoms with Gasteiger partial charge in [-0.05, 0) is 25.1 Å². The third-order valence-corrected chi connectivity index (χ3v) is 4.91. The molecule has 0 saturated carbocycles. The third kappa shape index (κ3) is 3.76. The van der Waals surface area contributed by atoms with Gasteiger partial charge in [0, 0.05) is 6.07 Å². The summed E-state index contributed by atoms with van der Waals surface area (Å²) in [7, 11) is -3.87. The number of nitro groups is 2. The second-order valence-electron chi connectivity index (χ2n) is 4.51. The lowest BCUT2D eigenvalue weighted by Gasteiger charge is -2.18. The van der Waals surface area contributed by atoms with E-state index in [9.17, 15) is 24.8 Å². The fourth-order valence-electron chi connectivity index (χ4n) is 1.90. The minimum absolute atomic E-state index is 0.0486. The summed E-state index contributed by atoms with van der Waals surface area (Å²) in [6.07, 6.45) is 0. The molecule has 0 radical (unpaired) electrons. The Morgan fingerprint density at radius 3 is 2.25 bits per heavy atom. The van der Waals surface area contributed by atoms with E-state index in [4.69, 9.17) is 9.05 Å². The van der Waals surface area contributed by atoms with E-state index in [1.54, 1.807) is 25.1 Å². The Kier molecular flexibility index (Phi) is 5.28. The van der Waals surface area contributed by atoms with Gasteiger partial charge in [0.1, 0.15) is 0 Å². The van der Waals surface area contributed by atoms with E-state index in [1.165, 1.54) is 12.1 Å². The van der Waals surface area contributed by atoms with Crippen LogP contribution < -0.4 is 9.83 Å². The largest absolute Gasteiger partial charge is 0.414 e. The minimum atomic E-state index is -3.87. The Morgan fingerprint density at radius 2 is 1.71 bits per heavy atom. The van der Waals surface area contributed by atoms with Crippen LogP contribution >= 0.6 is 7.60 Å². The van der Waals surface area contributed by atoms with Crippen molar-refractivity contribution in [2.45, 2.75) is 6.92 Å². The first-order valence-electron chi connectivity index (χ1n) is 6.80. The van der Waals surface area contributed by atoms with Gasteiger partial charge in [0.25, 0.3) is 5.69 Å². The van der Waals surface area contributed by atoms with Crippen molar-refractivity contribution < 1.29 is 23.5 Å². The van der Waals surface area contributed by atoms with Gasteiger partial charge in [0.05, 0.1) is 27.8 Å². The van der Waals surface area contributed by atoms with Crippen LogP contribution in [0.2, 0.25) is 0 Å². The van der Waals surface area contributed by atoms with Crippen molar-refractivity contribution in [3.8, 4) is 5.75 Å². The molecule has 0 spiro atoms. The average Bonchev–Trinajstić information content (AvgIpc) is 2.55. The van der Waals surface area contributed by atoms with Crippen LogP contribution in [-0.2, 0) is 9.09 Å². The standard InChI is InChI=1S/C14H13N2O7P/c1-2-22-24(21,12-6-4-3-5-7-12)23-14-9-8-11(15(17)18)10-13(14)16(19)20/h3-10H,2H2,1H3. The van der Waals surface area contributed by atoms with E-state index in [-0.39, 0.29) is 17.7 Å². The zero-order valence-electron chi connectivity index (χ0n) is 12.5. The first-order chi connectivity index (χ1) is 11.4. The van der Waals surface area contributed by atoms with Crippen LogP contribution in [0.3, 0.4) is 0 Å². The molecule has 2 rings (SSSR count). The van der Waals surface area contributed by atoms with E-state index in [0.29, 0.717) is 0 Å². The molecule has 2 aromatic rings. The number of benzene rings is 2. The van der Waals surface area contributed by atoms with Gasteiger partial charge in [-0.1, -0.05) is 18.2 Å². The molecule has 0 aromatic heterocycles. The van der Waals surface area contributed by atoms with Crippen molar-refractivity contribution in [2.75, 3.05) is 6.61 Å². The molecule has 0 fully saturated rings. The Labute approximate surface area is 136 Å². The minimum Gasteiger partial charge on any atom is -0.414 e. The van der Waals surface area contributed by atoms with E-state index in [2.05, 4.69) is 0 Å². The predicted octanol–water partition coefficient (Wildman–Crippen LogP) is 3.44. The Bertz CT molecular complexity index is 810. The molecule has 0 bridgehead atoms. The molecule has 0 N–H and O–H groups in total. The van der Waals surface area contributed by atoms with Crippen molar-refractivity contribution in [1.82, 2.24) is 0 Å². The van der Waals surface area contributed by atoms with Crippen molar-refractivity contribution in [3.63, 3.8) is 0 Å². The Hall–Kier alpha value is -2.77. The molecule has 0 saturated heterocycles. The maximum Gasteiger partial charge on any atom is 0.410 e. The molecule has 0 aliphatic heterocycles. The molecule has 9 nitrogen and oxygen atoms in total. The predicted molar refractivity (Wildman–Crippen MR) is 85.7 cm³/mol. The van der Waals surface area contributed by atoms with Crippen LogP contribution in [0.25, 0.3) is 0 Å². The summed E-state index contributed by atoms with van der Waals surface area (Å²) in [6, 6.07) is 10.8. The summed E-state index contributed by atoms with van der Waals surface area (Å²) in [5.74, 6) is -0.369. The molecule has 0 heterocycles. The molecule has 0 amide bonds. The van der Waals surface area contributed by atoms with Gasteiger partial charge >= 0.3 is 13.3 Å². The van der Waals surface area contributed by atoms with Gasteiger partial charge in [-0.15, -0.1) is 0 Å². The fourth-order valence-corrected chi connectivity index (χ4v) is 3.50. The lowest BCUT2D eigenvalue weighted by molar-refractivity contribution is -0.394. The maximum absolute atomic E-state index is 13.0. The smallest absolute Gasteiger partial charge is 0.410 e. The van der Waals surface area contributed by atoms with Crippen molar-refractivity contribution in [3.05, 3.63) is 68.8 Å². The summed E-state index contributed by atoms with van der Waals surface area (Å²) in [4.78, 5) is 20.3. The number of hydrogen-bond donors (Lipinski definition) is 0. The lowest BCUT2D eigenvalue weighted by atomic mass is 10.2. The summed E-state index contributed by atoms with van der Waals surface area (Å²) in [5, 5.41) is 22.1. The molecule has 2 aromatic carbocycles. The molecule has 10 heteroatoms. The molecule has 0 aliphatic rings. The summed E-state index contributed by atoms with van der Waals surface area (Å²) in [6.45, 7) is 1.65. The Morgan fingerprint density at radius 1 is 1.04 bits per heavy atom. The van der Waals surface area contributed by atoms with Crippen LogP contribution in [0.1, 0.15) is 6.92 Å². The van der Waals surface area contributed by atoms with Crippen LogP contribution in [0.4, 0.5) is 11.4 Å². The average molecular weight is 352 g/mol. The zero-order chi connectivity index (χ0) is 17.7. The van der Waals surface area contributed by atoms with E-state index < -0.39 is 28.8 Å². The lowest BCUT2D eigenvalue weighted by Crippen LogP contribution is -2.13. The first kappa shape index (κ1) is 17.6. The van der Waals surface area contributed by atoms with Gasteiger partial charge in [-0.3, -0.25) is 24.8 Å². The highest BCUT2D eigenvalue weighted by Gasteiger charge is 2.32. The monoisotopic (exact) mass is 352 g/mol. The van der Waals surface area contributed by atoms with E-state index in [1.807, 2.05) is 0 Å². The van der Waals surface area contributed by atoms with Crippen molar-refractivity contribution >= 4 is 24.3 Å². The number of non-ortho nitro benzene ring substituents is 1. The topological polar surface area (TPSA) is 122 Å². The van der Waals surface area contributed by atoms with Gasteiger partial charge < -0.3 is 4.52 Å². The first-order valence-corrected chi connectivity index (χ1v) is 8.34. The highest BCUT2D eigenvalue weighted by Crippen LogP contribution is 2.49. The van der Waals surface area contributed by atoms with E-state index in [0.717, 1.165) is 18.2 Å². The quantitative estimate of drug-likeness (QED) is 0.425. The molecule has 126 valence electrons. The highest BCUT2D eigenvalue weighted by atomic mass is 31.2. The molecular weight excluding hydrogens is 339 g/mol. The van der Waals surface area contributed by atoms with Gasteiger partial charge in [-0.25, -0.2) is 4.57 Å². The van der Waals surface area contributed by atoms with Crippen LogP contribution in [0.5, 0.6) is 5.75 Å². The normalized spacial score (nSPS) is 13.0. The second-order valence-corrected chi connectivity index (χ2v) is 6.46. The summed E-state index contributed by atoms with van der Waals surface area (Å²) in [5.41, 5.74) is -1.14. The van der Waals surface area contributed by atoms with Crippen molar-refractivity contribution in [2.24, 2.45) is 0 Å². The Balaban J connectivity index is 2.49. The molecule has 24 heavy (non-hydrogen) atoms. The van der Waals surface area contributed by atoms with Crippen molar-refractivity contribution in [1.29, 1.82) is 0 Å². The van der Waals surface area contributed by atoms with Gasteiger partial charge in [-0.2, -0.15) is 0 Å². The van der Waals surface area contributed by atoms with Gasteiger partial charge in [0.2, 0.25) is 5.75 Å². The summed E-state index contributed by atoms with van der Waals surface area (Å²) >= 11 is 0. The van der Waals surface area contributed by atoms with Crippen LogP contribution in [0.15, 0.2) is 48.5 Å². The summed E-state index contributed by atoms with van der Waals surface area (Å²) < 4.78 is 23.5. The maximum atomic E-state index is 13.0. The number of hydrogen-bond acceptors (Lipinski definition) is 7. The second kappa shape index (κ2) is 7.20. The van der Waals surface area contributed by atoms with Crippen LogP contribution in [-0.4, -0.2) is 16.5 Å². The van der Waals surface area contributed by atoms with Crippen LogP contribution in [0, 0.1) is 20.2 Å². The molecular formula is C14H13N2O7P. The van der Waals surface area contributed by atoms with E-state index >= 15 is 0 Å². The molecule has 1 atom stereocenters. The van der Waals surface area contributed by atoms with Gasteiger partial charge in [0.15, 0.2) is 0 Å². The number of nitrogens with zero attached hydrogens (tertiary/aromatic N) is 2.